The highest BCUT2D eigenvalue weighted by molar-refractivity contribution is 9.10. The average Bonchev–Trinajstić information content (AvgIpc) is 3.20. The molecule has 0 spiro atoms. The molecule has 7 nitrogen and oxygen atoms in total. The van der Waals surface area contributed by atoms with E-state index in [2.05, 4.69) is 26.0 Å². The standard InChI is InChI=1S/C22H21BrFN5O2/c23-18-19(12-3-5-22(31,11-30)6-4-12)28-21-16(10-27-29(21)20(18)25)14-7-13-8-15(24)1-2-17(13)26-9-14/h1-2,7-10,12,30-31H,3-6,11,25H2. The van der Waals surface area contributed by atoms with Crippen LogP contribution in [0.25, 0.3) is 27.7 Å². The summed E-state index contributed by atoms with van der Waals surface area (Å²) in [6.07, 6.45) is 5.79. The van der Waals surface area contributed by atoms with Crippen LogP contribution in [0.3, 0.4) is 0 Å². The summed E-state index contributed by atoms with van der Waals surface area (Å²) < 4.78 is 16.0. The van der Waals surface area contributed by atoms with Crippen LogP contribution in [0.15, 0.2) is 41.1 Å². The smallest absolute Gasteiger partial charge is 0.165 e. The van der Waals surface area contributed by atoms with Crippen molar-refractivity contribution in [1.29, 1.82) is 0 Å². The maximum absolute atomic E-state index is 13.7. The number of rotatable bonds is 3. The van der Waals surface area contributed by atoms with Crippen LogP contribution in [0.5, 0.6) is 0 Å². The van der Waals surface area contributed by atoms with Crippen LogP contribution in [-0.2, 0) is 0 Å². The number of fused-ring (bicyclic) bond motifs is 2. The van der Waals surface area contributed by atoms with Gasteiger partial charge in [-0.15, -0.1) is 0 Å². The first kappa shape index (κ1) is 20.3. The van der Waals surface area contributed by atoms with Gasteiger partial charge in [0.05, 0.1) is 34.1 Å². The monoisotopic (exact) mass is 485 g/mol. The van der Waals surface area contributed by atoms with E-state index in [1.54, 1.807) is 23.0 Å². The molecule has 4 aromatic rings. The third kappa shape index (κ3) is 3.46. The van der Waals surface area contributed by atoms with Gasteiger partial charge in [-0.05, 0) is 65.9 Å². The normalized spacial score (nSPS) is 21.7. The van der Waals surface area contributed by atoms with Crippen molar-refractivity contribution < 1.29 is 14.6 Å². The zero-order valence-corrected chi connectivity index (χ0v) is 18.2. The molecular weight excluding hydrogens is 465 g/mol. The number of aliphatic hydroxyl groups excluding tert-OH is 1. The molecule has 0 atom stereocenters. The van der Waals surface area contributed by atoms with Crippen molar-refractivity contribution in [1.82, 2.24) is 19.6 Å². The van der Waals surface area contributed by atoms with Gasteiger partial charge in [0, 0.05) is 28.6 Å². The molecule has 4 N–H and O–H groups in total. The fourth-order valence-corrected chi connectivity index (χ4v) is 4.90. The highest BCUT2D eigenvalue weighted by Crippen LogP contribution is 2.41. The first-order chi connectivity index (χ1) is 14.9. The molecule has 5 rings (SSSR count). The van der Waals surface area contributed by atoms with E-state index in [9.17, 15) is 14.6 Å². The zero-order chi connectivity index (χ0) is 21.8. The van der Waals surface area contributed by atoms with Crippen molar-refractivity contribution in [2.75, 3.05) is 12.3 Å². The Morgan fingerprint density at radius 3 is 2.74 bits per heavy atom. The van der Waals surface area contributed by atoms with E-state index in [4.69, 9.17) is 10.7 Å². The first-order valence-corrected chi connectivity index (χ1v) is 10.9. The quantitative estimate of drug-likeness (QED) is 0.407. The van der Waals surface area contributed by atoms with Crippen molar-refractivity contribution in [2.45, 2.75) is 37.2 Å². The highest BCUT2D eigenvalue weighted by Gasteiger charge is 2.35. The Bertz CT molecular complexity index is 1300. The zero-order valence-electron chi connectivity index (χ0n) is 16.6. The number of nitrogens with zero attached hydrogens (tertiary/aromatic N) is 4. The van der Waals surface area contributed by atoms with Gasteiger partial charge in [0.2, 0.25) is 0 Å². The summed E-state index contributed by atoms with van der Waals surface area (Å²) in [5, 5.41) is 24.9. The molecule has 0 aliphatic heterocycles. The van der Waals surface area contributed by atoms with E-state index < -0.39 is 5.60 Å². The van der Waals surface area contributed by atoms with E-state index in [1.165, 1.54) is 12.1 Å². The molecule has 1 fully saturated rings. The lowest BCUT2D eigenvalue weighted by Crippen LogP contribution is -2.37. The average molecular weight is 486 g/mol. The van der Waals surface area contributed by atoms with Crippen molar-refractivity contribution in [2.24, 2.45) is 0 Å². The molecule has 1 aliphatic rings. The number of hydrogen-bond donors (Lipinski definition) is 3. The fourth-order valence-electron chi connectivity index (χ4n) is 4.32. The summed E-state index contributed by atoms with van der Waals surface area (Å²) >= 11 is 3.57. The van der Waals surface area contributed by atoms with Gasteiger partial charge in [0.15, 0.2) is 5.65 Å². The molecule has 3 aromatic heterocycles. The molecule has 0 bridgehead atoms. The number of aromatic nitrogens is 4. The Balaban J connectivity index is 1.60. The minimum atomic E-state index is -1.02. The van der Waals surface area contributed by atoms with Crippen LogP contribution in [0.2, 0.25) is 0 Å². The molecule has 0 unspecified atom stereocenters. The molecule has 31 heavy (non-hydrogen) atoms. The molecule has 1 aromatic carbocycles. The molecular formula is C22H21BrFN5O2. The third-order valence-corrected chi connectivity index (χ3v) is 7.01. The molecule has 0 saturated heterocycles. The summed E-state index contributed by atoms with van der Waals surface area (Å²) in [5.74, 6) is 0.217. The molecule has 160 valence electrons. The van der Waals surface area contributed by atoms with Gasteiger partial charge in [0.25, 0.3) is 0 Å². The Kier molecular flexibility index (Phi) is 4.91. The van der Waals surface area contributed by atoms with E-state index in [1.807, 2.05) is 6.07 Å². The maximum Gasteiger partial charge on any atom is 0.165 e. The van der Waals surface area contributed by atoms with Crippen LogP contribution in [-0.4, -0.2) is 42.0 Å². The minimum Gasteiger partial charge on any atom is -0.393 e. The topological polar surface area (TPSA) is 110 Å². The third-order valence-electron chi connectivity index (χ3n) is 6.20. The summed E-state index contributed by atoms with van der Waals surface area (Å²) in [4.78, 5) is 9.33. The van der Waals surface area contributed by atoms with Crippen LogP contribution in [0.4, 0.5) is 10.2 Å². The summed E-state index contributed by atoms with van der Waals surface area (Å²) in [6, 6.07) is 6.35. The van der Waals surface area contributed by atoms with Crippen LogP contribution in [0, 0.1) is 5.82 Å². The number of nitrogens with two attached hydrogens (primary N) is 1. The largest absolute Gasteiger partial charge is 0.393 e. The SMILES string of the molecule is Nc1c(Br)c(C2CCC(O)(CO)CC2)nc2c(-c3cnc4ccc(F)cc4c3)cnn12. The predicted molar refractivity (Wildman–Crippen MR) is 119 cm³/mol. The molecule has 0 radical (unpaired) electrons. The number of benzene rings is 1. The van der Waals surface area contributed by atoms with E-state index >= 15 is 0 Å². The number of halogens is 2. The number of pyridine rings is 1. The predicted octanol–water partition coefficient (Wildman–Crippen LogP) is 3.81. The van der Waals surface area contributed by atoms with E-state index in [0.29, 0.717) is 52.5 Å². The summed E-state index contributed by atoms with van der Waals surface area (Å²) in [5.41, 5.74) is 8.98. The van der Waals surface area contributed by atoms with Gasteiger partial charge in [-0.1, -0.05) is 0 Å². The van der Waals surface area contributed by atoms with Gasteiger partial charge >= 0.3 is 0 Å². The lowest BCUT2D eigenvalue weighted by atomic mass is 9.78. The van der Waals surface area contributed by atoms with E-state index in [0.717, 1.165) is 16.8 Å². The fraction of sp³-hybridized carbons (Fsp3) is 0.318. The van der Waals surface area contributed by atoms with Gasteiger partial charge in [-0.3, -0.25) is 4.98 Å². The van der Waals surface area contributed by atoms with Crippen LogP contribution in [0.1, 0.15) is 37.3 Å². The molecule has 9 heteroatoms. The Morgan fingerprint density at radius 2 is 2.00 bits per heavy atom. The first-order valence-electron chi connectivity index (χ1n) is 10.1. The second-order valence-electron chi connectivity index (χ2n) is 8.21. The second-order valence-corrected chi connectivity index (χ2v) is 9.00. The van der Waals surface area contributed by atoms with Gasteiger partial charge < -0.3 is 15.9 Å². The van der Waals surface area contributed by atoms with Gasteiger partial charge in [0.1, 0.15) is 11.6 Å². The van der Waals surface area contributed by atoms with Gasteiger partial charge in [-0.25, -0.2) is 9.37 Å². The Morgan fingerprint density at radius 1 is 1.23 bits per heavy atom. The Hall–Kier alpha value is -2.62. The maximum atomic E-state index is 13.7. The second kappa shape index (κ2) is 7.51. The van der Waals surface area contributed by atoms with Crippen LogP contribution >= 0.6 is 15.9 Å². The molecule has 1 saturated carbocycles. The van der Waals surface area contributed by atoms with E-state index in [-0.39, 0.29) is 18.3 Å². The molecule has 1 aliphatic carbocycles. The van der Waals surface area contributed by atoms with Crippen molar-refractivity contribution in [3.05, 3.63) is 52.6 Å². The van der Waals surface area contributed by atoms with Crippen molar-refractivity contribution >= 4 is 38.3 Å². The van der Waals surface area contributed by atoms with Crippen molar-refractivity contribution in [3.8, 4) is 11.1 Å². The minimum absolute atomic E-state index is 0.0973. The molecule has 0 amide bonds. The number of anilines is 1. The highest BCUT2D eigenvalue weighted by atomic mass is 79.9. The van der Waals surface area contributed by atoms with Gasteiger partial charge in [-0.2, -0.15) is 9.61 Å². The number of aliphatic hydroxyl groups is 2. The lowest BCUT2D eigenvalue weighted by Gasteiger charge is -2.34. The number of hydrogen-bond acceptors (Lipinski definition) is 6. The number of nitrogen functional groups attached to an aromatic ring is 1. The summed E-state index contributed by atoms with van der Waals surface area (Å²) in [6.45, 7) is -0.238. The summed E-state index contributed by atoms with van der Waals surface area (Å²) in [7, 11) is 0. The molecule has 3 heterocycles. The Labute approximate surface area is 185 Å². The van der Waals surface area contributed by atoms with Crippen LogP contribution < -0.4 is 5.73 Å². The lowest BCUT2D eigenvalue weighted by molar-refractivity contribution is -0.0458. The van der Waals surface area contributed by atoms with Crippen molar-refractivity contribution in [3.63, 3.8) is 0 Å².